The number of nitrogens with zero attached hydrogens (tertiary/aromatic N) is 1. The fourth-order valence-corrected chi connectivity index (χ4v) is 1.37. The Morgan fingerprint density at radius 3 is 2.78 bits per heavy atom. The summed E-state index contributed by atoms with van der Waals surface area (Å²) in [5.74, 6) is -0.695. The summed E-state index contributed by atoms with van der Waals surface area (Å²) in [5, 5.41) is 13.5. The van der Waals surface area contributed by atoms with Crippen LogP contribution in [0.15, 0.2) is 12.1 Å². The van der Waals surface area contributed by atoms with E-state index in [4.69, 9.17) is 10.5 Å². The SMILES string of the molecule is CCC(N)CNc1cc(OC)c([N+](=O)[O-])cc1F. The lowest BCUT2D eigenvalue weighted by atomic mass is 10.2. The summed E-state index contributed by atoms with van der Waals surface area (Å²) in [5.41, 5.74) is 5.43. The second kappa shape index (κ2) is 6.15. The van der Waals surface area contributed by atoms with Gasteiger partial charge in [0, 0.05) is 18.7 Å². The number of ether oxygens (including phenoxy) is 1. The number of nitro benzene ring substituents is 1. The van der Waals surface area contributed by atoms with Gasteiger partial charge >= 0.3 is 5.69 Å². The lowest BCUT2D eigenvalue weighted by Crippen LogP contribution is -2.28. The molecule has 0 aromatic heterocycles. The van der Waals surface area contributed by atoms with Crippen LogP contribution in [0.2, 0.25) is 0 Å². The van der Waals surface area contributed by atoms with E-state index in [2.05, 4.69) is 5.32 Å². The van der Waals surface area contributed by atoms with Gasteiger partial charge in [-0.3, -0.25) is 10.1 Å². The van der Waals surface area contributed by atoms with Crippen LogP contribution in [0.4, 0.5) is 15.8 Å². The third-order valence-electron chi connectivity index (χ3n) is 2.54. The average Bonchev–Trinajstić information content (AvgIpc) is 2.36. The van der Waals surface area contributed by atoms with Gasteiger partial charge in [-0.05, 0) is 6.42 Å². The van der Waals surface area contributed by atoms with E-state index < -0.39 is 16.4 Å². The molecule has 1 aromatic carbocycles. The molecule has 0 aliphatic carbocycles. The van der Waals surface area contributed by atoms with Crippen molar-refractivity contribution in [2.45, 2.75) is 19.4 Å². The van der Waals surface area contributed by atoms with Crippen molar-refractivity contribution in [2.75, 3.05) is 19.0 Å². The molecule has 0 aliphatic heterocycles. The smallest absolute Gasteiger partial charge is 0.313 e. The van der Waals surface area contributed by atoms with E-state index in [1.165, 1.54) is 13.2 Å². The summed E-state index contributed by atoms with van der Waals surface area (Å²) in [4.78, 5) is 9.98. The molecule has 18 heavy (non-hydrogen) atoms. The Bertz CT molecular complexity index is 440. The van der Waals surface area contributed by atoms with Crippen LogP contribution >= 0.6 is 0 Å². The van der Waals surface area contributed by atoms with Crippen LogP contribution in [-0.2, 0) is 0 Å². The first-order valence-corrected chi connectivity index (χ1v) is 5.51. The minimum Gasteiger partial charge on any atom is -0.490 e. The minimum atomic E-state index is -0.703. The molecule has 1 atom stereocenters. The molecule has 0 bridgehead atoms. The molecule has 0 saturated heterocycles. The number of rotatable bonds is 6. The van der Waals surface area contributed by atoms with Crippen molar-refractivity contribution >= 4 is 11.4 Å². The number of nitrogens with two attached hydrogens (primary N) is 1. The van der Waals surface area contributed by atoms with Crippen LogP contribution in [0.25, 0.3) is 0 Å². The second-order valence-corrected chi connectivity index (χ2v) is 3.81. The minimum absolute atomic E-state index is 0.00831. The van der Waals surface area contributed by atoms with Gasteiger partial charge in [-0.1, -0.05) is 6.92 Å². The third-order valence-corrected chi connectivity index (χ3v) is 2.54. The lowest BCUT2D eigenvalue weighted by Gasteiger charge is -2.13. The summed E-state index contributed by atoms with van der Waals surface area (Å²) in [7, 11) is 1.29. The number of hydrogen-bond acceptors (Lipinski definition) is 5. The van der Waals surface area contributed by atoms with E-state index in [-0.39, 0.29) is 17.5 Å². The van der Waals surface area contributed by atoms with Crippen molar-refractivity contribution in [1.29, 1.82) is 0 Å². The highest BCUT2D eigenvalue weighted by atomic mass is 19.1. The fourth-order valence-electron chi connectivity index (χ4n) is 1.37. The predicted octanol–water partition coefficient (Wildman–Crippen LogP) is 1.89. The molecule has 1 rings (SSSR count). The molecule has 0 amide bonds. The normalized spacial score (nSPS) is 12.0. The number of nitrogens with one attached hydrogen (secondary N) is 1. The first-order chi connectivity index (χ1) is 8.49. The molecular formula is C11H16FN3O3. The molecule has 7 heteroatoms. The van der Waals surface area contributed by atoms with E-state index in [0.717, 1.165) is 12.5 Å². The molecule has 3 N–H and O–H groups in total. The first kappa shape index (κ1) is 14.2. The molecule has 0 heterocycles. The maximum Gasteiger partial charge on any atom is 0.313 e. The standard InChI is InChI=1S/C11H16FN3O3/c1-3-7(13)6-14-9-5-11(18-2)10(15(16)17)4-8(9)12/h4-5,7,14H,3,6,13H2,1-2H3. The Kier molecular flexibility index (Phi) is 4.85. The molecule has 0 fully saturated rings. The van der Waals surface area contributed by atoms with E-state index in [1.807, 2.05) is 6.92 Å². The van der Waals surface area contributed by atoms with Crippen LogP contribution < -0.4 is 15.8 Å². The van der Waals surface area contributed by atoms with Gasteiger partial charge < -0.3 is 15.8 Å². The maximum atomic E-state index is 13.6. The topological polar surface area (TPSA) is 90.4 Å². The van der Waals surface area contributed by atoms with Crippen molar-refractivity contribution < 1.29 is 14.1 Å². The Morgan fingerprint density at radius 2 is 2.28 bits per heavy atom. The monoisotopic (exact) mass is 257 g/mol. The molecule has 0 radical (unpaired) electrons. The highest BCUT2D eigenvalue weighted by molar-refractivity contribution is 5.59. The summed E-state index contributed by atoms with van der Waals surface area (Å²) in [6.07, 6.45) is 0.749. The van der Waals surface area contributed by atoms with Crippen molar-refractivity contribution in [2.24, 2.45) is 5.73 Å². The molecule has 1 aromatic rings. The summed E-state index contributed by atoms with van der Waals surface area (Å²) in [6.45, 7) is 2.30. The highest BCUT2D eigenvalue weighted by Crippen LogP contribution is 2.32. The fraction of sp³-hybridized carbons (Fsp3) is 0.455. The Hall–Kier alpha value is -1.89. The number of halogens is 1. The number of hydrogen-bond donors (Lipinski definition) is 2. The van der Waals surface area contributed by atoms with Gasteiger partial charge in [-0.25, -0.2) is 4.39 Å². The summed E-state index contributed by atoms with van der Waals surface area (Å²) in [6, 6.07) is 1.99. The molecule has 0 spiro atoms. The quantitative estimate of drug-likeness (QED) is 0.600. The Balaban J connectivity index is 2.97. The van der Waals surface area contributed by atoms with Crippen molar-refractivity contribution in [3.63, 3.8) is 0 Å². The van der Waals surface area contributed by atoms with Gasteiger partial charge in [0.05, 0.1) is 23.8 Å². The van der Waals surface area contributed by atoms with E-state index >= 15 is 0 Å². The summed E-state index contributed by atoms with van der Waals surface area (Å²) >= 11 is 0. The third kappa shape index (κ3) is 3.30. The van der Waals surface area contributed by atoms with E-state index in [9.17, 15) is 14.5 Å². The first-order valence-electron chi connectivity index (χ1n) is 5.51. The number of anilines is 1. The van der Waals surface area contributed by atoms with Crippen molar-refractivity contribution in [1.82, 2.24) is 0 Å². The average molecular weight is 257 g/mol. The number of methoxy groups -OCH3 is 1. The van der Waals surface area contributed by atoms with Crippen LogP contribution in [0.3, 0.4) is 0 Å². The van der Waals surface area contributed by atoms with Crippen LogP contribution in [0.5, 0.6) is 5.75 Å². The van der Waals surface area contributed by atoms with Gasteiger partial charge in [0.15, 0.2) is 11.6 Å². The van der Waals surface area contributed by atoms with Crippen molar-refractivity contribution in [3.8, 4) is 5.75 Å². The number of nitro groups is 1. The van der Waals surface area contributed by atoms with Crippen molar-refractivity contribution in [3.05, 3.63) is 28.1 Å². The Morgan fingerprint density at radius 1 is 1.61 bits per heavy atom. The van der Waals surface area contributed by atoms with Crippen LogP contribution in [0.1, 0.15) is 13.3 Å². The maximum absolute atomic E-state index is 13.6. The molecule has 100 valence electrons. The van der Waals surface area contributed by atoms with Gasteiger partial charge in [-0.15, -0.1) is 0 Å². The zero-order chi connectivity index (χ0) is 13.7. The Labute approximate surface area is 104 Å². The van der Waals surface area contributed by atoms with Crippen LogP contribution in [-0.4, -0.2) is 24.6 Å². The molecule has 0 saturated carbocycles. The van der Waals surface area contributed by atoms with Gasteiger partial charge in [0.25, 0.3) is 0 Å². The van der Waals surface area contributed by atoms with Gasteiger partial charge in [0.2, 0.25) is 0 Å². The summed E-state index contributed by atoms with van der Waals surface area (Å²) < 4.78 is 18.5. The largest absolute Gasteiger partial charge is 0.490 e. The molecular weight excluding hydrogens is 241 g/mol. The van der Waals surface area contributed by atoms with E-state index in [0.29, 0.717) is 6.54 Å². The molecule has 6 nitrogen and oxygen atoms in total. The van der Waals surface area contributed by atoms with Gasteiger partial charge in [0.1, 0.15) is 0 Å². The van der Waals surface area contributed by atoms with Crippen LogP contribution in [0, 0.1) is 15.9 Å². The zero-order valence-corrected chi connectivity index (χ0v) is 10.3. The molecule has 1 unspecified atom stereocenters. The molecule has 0 aliphatic rings. The van der Waals surface area contributed by atoms with Gasteiger partial charge in [-0.2, -0.15) is 0 Å². The highest BCUT2D eigenvalue weighted by Gasteiger charge is 2.19. The number of benzene rings is 1. The lowest BCUT2D eigenvalue weighted by molar-refractivity contribution is -0.385. The zero-order valence-electron chi connectivity index (χ0n) is 10.3. The van der Waals surface area contributed by atoms with E-state index in [1.54, 1.807) is 0 Å². The second-order valence-electron chi connectivity index (χ2n) is 3.81. The predicted molar refractivity (Wildman–Crippen MR) is 66.4 cm³/mol.